The highest BCUT2D eigenvalue weighted by atomic mass is 79.9. The first-order valence-corrected chi connectivity index (χ1v) is 9.92. The molecule has 0 bridgehead atoms. The number of nitrogens with one attached hydrogen (secondary N) is 1. The summed E-state index contributed by atoms with van der Waals surface area (Å²) in [7, 11) is 0. The van der Waals surface area contributed by atoms with Crippen molar-refractivity contribution in [1.82, 2.24) is 0 Å². The zero-order valence-corrected chi connectivity index (χ0v) is 17.6. The Morgan fingerprint density at radius 2 is 1.93 bits per heavy atom. The molecule has 0 saturated heterocycles. The Morgan fingerprint density at radius 1 is 1.14 bits per heavy atom. The lowest BCUT2D eigenvalue weighted by molar-refractivity contribution is -0.384. The molecule has 3 aromatic rings. The number of nitro benzene ring substituents is 1. The molecule has 3 aromatic carbocycles. The van der Waals surface area contributed by atoms with Crippen LogP contribution in [-0.4, -0.2) is 10.8 Å². The highest BCUT2D eigenvalue weighted by Crippen LogP contribution is 2.39. The van der Waals surface area contributed by atoms with Gasteiger partial charge in [-0.2, -0.15) is 0 Å². The topological polar surface area (TPSA) is 75.5 Å². The quantitative estimate of drug-likeness (QED) is 0.370. The molecule has 0 fully saturated rings. The molecule has 0 aromatic heterocycles. The van der Waals surface area contributed by atoms with Gasteiger partial charge in [0.15, 0.2) is 0 Å². The fourth-order valence-electron chi connectivity index (χ4n) is 3.39. The van der Waals surface area contributed by atoms with Gasteiger partial charge in [-0.15, -0.1) is 0 Å². The van der Waals surface area contributed by atoms with E-state index in [2.05, 4.69) is 21.2 Å². The molecule has 4 rings (SSSR count). The number of carbonyl (C=O) groups is 1. The number of aryl methyl sites for hydroxylation is 1. The van der Waals surface area contributed by atoms with Crippen molar-refractivity contribution < 1.29 is 9.72 Å². The van der Waals surface area contributed by atoms with E-state index in [4.69, 9.17) is 11.6 Å². The maximum absolute atomic E-state index is 13.5. The van der Waals surface area contributed by atoms with Crippen molar-refractivity contribution in [3.05, 3.63) is 97.0 Å². The lowest BCUT2D eigenvalue weighted by Crippen LogP contribution is -2.43. The van der Waals surface area contributed by atoms with E-state index in [1.165, 1.54) is 12.1 Å². The minimum Gasteiger partial charge on any atom is -0.360 e. The summed E-state index contributed by atoms with van der Waals surface area (Å²) in [5, 5.41) is 14.8. The second-order valence-corrected chi connectivity index (χ2v) is 8.04. The molecule has 0 radical (unpaired) electrons. The first-order valence-electron chi connectivity index (χ1n) is 8.75. The number of halogens is 2. The Balaban J connectivity index is 1.90. The number of rotatable bonds is 3. The zero-order valence-electron chi connectivity index (χ0n) is 15.2. The number of anilines is 2. The first kappa shape index (κ1) is 19.4. The van der Waals surface area contributed by atoms with Crippen molar-refractivity contribution in [3.8, 4) is 0 Å². The van der Waals surface area contributed by atoms with Crippen LogP contribution in [0.3, 0.4) is 0 Å². The molecule has 1 aliphatic rings. The van der Waals surface area contributed by atoms with Gasteiger partial charge >= 0.3 is 0 Å². The van der Waals surface area contributed by atoms with Gasteiger partial charge in [0.1, 0.15) is 11.2 Å². The lowest BCUT2D eigenvalue weighted by Gasteiger charge is -2.38. The molecule has 1 N–H and O–H groups in total. The summed E-state index contributed by atoms with van der Waals surface area (Å²) < 4.78 is 0.788. The molecule has 146 valence electrons. The molecule has 0 unspecified atom stereocenters. The molecular weight excluding hydrogens is 458 g/mol. The zero-order chi connectivity index (χ0) is 20.7. The number of hydrogen-bond donors (Lipinski definition) is 1. The van der Waals surface area contributed by atoms with Crippen LogP contribution in [0, 0.1) is 17.0 Å². The van der Waals surface area contributed by atoms with Gasteiger partial charge in [0.25, 0.3) is 11.6 Å². The Morgan fingerprint density at radius 3 is 2.66 bits per heavy atom. The number of benzene rings is 3. The van der Waals surface area contributed by atoms with E-state index in [1.807, 2.05) is 43.3 Å². The second kappa shape index (κ2) is 7.50. The van der Waals surface area contributed by atoms with Gasteiger partial charge in [-0.05, 0) is 48.9 Å². The summed E-state index contributed by atoms with van der Waals surface area (Å²) in [6.07, 6.45) is -0.631. The van der Waals surface area contributed by atoms with E-state index in [1.54, 1.807) is 17.0 Å². The summed E-state index contributed by atoms with van der Waals surface area (Å²) in [5.41, 5.74) is 3.21. The van der Waals surface area contributed by atoms with Crippen LogP contribution in [0.2, 0.25) is 5.02 Å². The molecular formula is C21H15BrClN3O3. The number of fused-ring (bicyclic) bond motifs is 1. The molecule has 0 saturated carbocycles. The van der Waals surface area contributed by atoms with Crippen LogP contribution in [-0.2, 0) is 0 Å². The fourth-order valence-corrected chi connectivity index (χ4v) is 3.94. The summed E-state index contributed by atoms with van der Waals surface area (Å²) in [6, 6.07) is 17.5. The van der Waals surface area contributed by atoms with Crippen molar-refractivity contribution in [2.45, 2.75) is 13.1 Å². The summed E-state index contributed by atoms with van der Waals surface area (Å²) in [6.45, 7) is 1.94. The third-order valence-corrected chi connectivity index (χ3v) is 5.56. The SMILES string of the molecule is Cc1cccc(N2C(=O)c3cc(Br)ccc3N[C@H]2c2ccc(Cl)c([N+](=O)[O-])c2)c1. The number of hydrogen-bond acceptors (Lipinski definition) is 4. The van der Waals surface area contributed by atoms with Gasteiger partial charge in [-0.1, -0.05) is 45.7 Å². The molecule has 0 aliphatic carbocycles. The van der Waals surface area contributed by atoms with Gasteiger partial charge in [-0.25, -0.2) is 0 Å². The van der Waals surface area contributed by atoms with Gasteiger partial charge in [0, 0.05) is 27.5 Å². The van der Waals surface area contributed by atoms with Crippen LogP contribution in [0.1, 0.15) is 27.7 Å². The van der Waals surface area contributed by atoms with Crippen molar-refractivity contribution in [2.75, 3.05) is 10.2 Å². The fraction of sp³-hybridized carbons (Fsp3) is 0.0952. The monoisotopic (exact) mass is 471 g/mol. The third-order valence-electron chi connectivity index (χ3n) is 4.74. The number of amides is 1. The van der Waals surface area contributed by atoms with Crippen molar-refractivity contribution in [1.29, 1.82) is 0 Å². The average molecular weight is 473 g/mol. The molecule has 6 nitrogen and oxygen atoms in total. The molecule has 29 heavy (non-hydrogen) atoms. The Labute approximate surface area is 180 Å². The molecule has 8 heteroatoms. The van der Waals surface area contributed by atoms with Crippen LogP contribution in [0.4, 0.5) is 17.1 Å². The minimum absolute atomic E-state index is 0.0484. The predicted molar refractivity (Wildman–Crippen MR) is 117 cm³/mol. The lowest BCUT2D eigenvalue weighted by atomic mass is 10.0. The highest BCUT2D eigenvalue weighted by Gasteiger charge is 2.35. The van der Waals surface area contributed by atoms with Crippen LogP contribution < -0.4 is 10.2 Å². The van der Waals surface area contributed by atoms with Crippen LogP contribution >= 0.6 is 27.5 Å². The van der Waals surface area contributed by atoms with E-state index in [9.17, 15) is 14.9 Å². The second-order valence-electron chi connectivity index (χ2n) is 6.72. The molecule has 1 amide bonds. The molecule has 1 aliphatic heterocycles. The van der Waals surface area contributed by atoms with Crippen molar-refractivity contribution in [3.63, 3.8) is 0 Å². The Hall–Kier alpha value is -2.90. The molecule has 0 spiro atoms. The number of carbonyl (C=O) groups excluding carboxylic acids is 1. The smallest absolute Gasteiger partial charge is 0.288 e. The normalized spacial score (nSPS) is 15.6. The third kappa shape index (κ3) is 3.59. The van der Waals surface area contributed by atoms with Crippen molar-refractivity contribution in [2.24, 2.45) is 0 Å². The molecule has 1 heterocycles. The van der Waals surface area contributed by atoms with Crippen molar-refractivity contribution >= 4 is 50.5 Å². The largest absolute Gasteiger partial charge is 0.360 e. The van der Waals surface area contributed by atoms with Crippen LogP contribution in [0.25, 0.3) is 0 Å². The predicted octanol–water partition coefficient (Wildman–Crippen LogP) is 6.09. The number of nitro groups is 1. The molecule has 1 atom stereocenters. The maximum Gasteiger partial charge on any atom is 0.288 e. The van der Waals surface area contributed by atoms with E-state index in [-0.39, 0.29) is 16.6 Å². The van der Waals surface area contributed by atoms with E-state index < -0.39 is 11.1 Å². The highest BCUT2D eigenvalue weighted by molar-refractivity contribution is 9.10. The van der Waals surface area contributed by atoms with E-state index in [0.717, 1.165) is 10.0 Å². The van der Waals surface area contributed by atoms with E-state index >= 15 is 0 Å². The van der Waals surface area contributed by atoms with Crippen LogP contribution in [0.15, 0.2) is 65.1 Å². The summed E-state index contributed by atoms with van der Waals surface area (Å²) in [5.74, 6) is -0.201. The summed E-state index contributed by atoms with van der Waals surface area (Å²) in [4.78, 5) is 25.9. The maximum atomic E-state index is 13.5. The standard InChI is InChI=1S/C21H15BrClN3O3/c1-12-3-2-4-15(9-12)25-20(13-5-7-17(23)19(10-13)26(28)29)24-18-8-6-14(22)11-16(18)21(25)27/h2-11,20,24H,1H3/t20-/m1/s1. The van der Waals surface area contributed by atoms with Gasteiger partial charge < -0.3 is 5.32 Å². The van der Waals surface area contributed by atoms with E-state index in [0.29, 0.717) is 22.5 Å². The number of nitrogens with zero attached hydrogens (tertiary/aromatic N) is 2. The van der Waals surface area contributed by atoms with Crippen LogP contribution in [0.5, 0.6) is 0 Å². The van der Waals surface area contributed by atoms with Gasteiger partial charge in [0.2, 0.25) is 0 Å². The Kier molecular flexibility index (Phi) is 5.02. The Bertz CT molecular complexity index is 1150. The minimum atomic E-state index is -0.631. The van der Waals surface area contributed by atoms with Gasteiger partial charge in [-0.3, -0.25) is 19.8 Å². The first-order chi connectivity index (χ1) is 13.8. The average Bonchev–Trinajstić information content (AvgIpc) is 2.68. The summed E-state index contributed by atoms with van der Waals surface area (Å²) >= 11 is 9.39. The van der Waals surface area contributed by atoms with Gasteiger partial charge in [0.05, 0.1) is 10.5 Å².